The smallest absolute Gasteiger partial charge is 0.315 e. The van der Waals surface area contributed by atoms with Gasteiger partial charge in [-0.1, -0.05) is 6.08 Å². The number of hydrogen-bond donors (Lipinski definition) is 3. The van der Waals surface area contributed by atoms with Crippen molar-refractivity contribution < 1.29 is 9.90 Å². The Kier molecular flexibility index (Phi) is 7.12. The summed E-state index contributed by atoms with van der Waals surface area (Å²) in [7, 11) is 0. The first-order chi connectivity index (χ1) is 8.22. The van der Waals surface area contributed by atoms with E-state index >= 15 is 0 Å². The average Bonchev–Trinajstić information content (AvgIpc) is 2.32. The van der Waals surface area contributed by atoms with E-state index in [1.165, 1.54) is 0 Å². The predicted octanol–water partition coefficient (Wildman–Crippen LogP) is 1.51. The Morgan fingerprint density at radius 1 is 1.41 bits per heavy atom. The molecule has 5 heteroatoms. The fraction of sp³-hybridized carbons (Fsp3) is 0.750. The molecule has 0 saturated heterocycles. The molecule has 17 heavy (non-hydrogen) atoms. The van der Waals surface area contributed by atoms with Gasteiger partial charge in [-0.25, -0.2) is 4.79 Å². The van der Waals surface area contributed by atoms with Crippen molar-refractivity contribution in [2.75, 3.05) is 18.1 Å². The van der Waals surface area contributed by atoms with Gasteiger partial charge in [-0.2, -0.15) is 11.8 Å². The fourth-order valence-electron chi connectivity index (χ4n) is 1.86. The van der Waals surface area contributed by atoms with Crippen LogP contribution in [0.1, 0.15) is 25.7 Å². The van der Waals surface area contributed by atoms with Crippen molar-refractivity contribution >= 4 is 17.8 Å². The Labute approximate surface area is 107 Å². The molecule has 0 atom stereocenters. The highest BCUT2D eigenvalue weighted by atomic mass is 32.2. The minimum absolute atomic E-state index is 0.0920. The van der Waals surface area contributed by atoms with Crippen molar-refractivity contribution in [3.05, 3.63) is 12.7 Å². The number of thioether (sulfide) groups is 1. The molecule has 1 aliphatic carbocycles. The van der Waals surface area contributed by atoms with Crippen LogP contribution in [0.15, 0.2) is 12.7 Å². The first-order valence-corrected chi connectivity index (χ1v) is 7.29. The number of nitrogens with one attached hydrogen (secondary N) is 2. The van der Waals surface area contributed by atoms with E-state index in [0.717, 1.165) is 37.2 Å². The summed E-state index contributed by atoms with van der Waals surface area (Å²) in [4.78, 5) is 11.5. The Morgan fingerprint density at radius 2 is 2.12 bits per heavy atom. The molecule has 0 aromatic heterocycles. The van der Waals surface area contributed by atoms with Gasteiger partial charge >= 0.3 is 6.03 Å². The fourth-order valence-corrected chi connectivity index (χ4v) is 2.44. The predicted molar refractivity (Wildman–Crippen MR) is 72.3 cm³/mol. The standard InChI is InChI=1S/C12H22N2O2S/c1-2-8-17-9-7-13-12(16)14-10-3-5-11(15)6-4-10/h2,10-11,15H,1,3-9H2,(H2,13,14,16). The first kappa shape index (κ1) is 14.4. The van der Waals surface area contributed by atoms with Gasteiger partial charge < -0.3 is 15.7 Å². The van der Waals surface area contributed by atoms with Crippen LogP contribution in [-0.4, -0.2) is 41.3 Å². The topological polar surface area (TPSA) is 61.4 Å². The Bertz CT molecular complexity index is 241. The summed E-state index contributed by atoms with van der Waals surface area (Å²) in [6, 6.07) is 0.129. The largest absolute Gasteiger partial charge is 0.393 e. The third-order valence-corrected chi connectivity index (χ3v) is 3.76. The molecular weight excluding hydrogens is 236 g/mol. The van der Waals surface area contributed by atoms with Crippen LogP contribution in [-0.2, 0) is 0 Å². The Balaban J connectivity index is 2.02. The van der Waals surface area contributed by atoms with Gasteiger partial charge in [0, 0.05) is 24.1 Å². The number of aliphatic hydroxyl groups excluding tert-OH is 1. The summed E-state index contributed by atoms with van der Waals surface area (Å²) in [5.74, 6) is 1.83. The molecule has 1 rings (SSSR count). The van der Waals surface area contributed by atoms with Gasteiger partial charge in [0.2, 0.25) is 0 Å². The molecule has 1 fully saturated rings. The van der Waals surface area contributed by atoms with Crippen molar-refractivity contribution in [3.8, 4) is 0 Å². The molecule has 98 valence electrons. The summed E-state index contributed by atoms with van der Waals surface area (Å²) in [5, 5.41) is 15.1. The third-order valence-electron chi connectivity index (χ3n) is 2.80. The molecule has 0 aromatic carbocycles. The van der Waals surface area contributed by atoms with Crippen molar-refractivity contribution in [2.24, 2.45) is 0 Å². The van der Waals surface area contributed by atoms with Crippen LogP contribution in [0.2, 0.25) is 0 Å². The van der Waals surface area contributed by atoms with Crippen LogP contribution >= 0.6 is 11.8 Å². The lowest BCUT2D eigenvalue weighted by Crippen LogP contribution is -2.44. The molecule has 1 aliphatic rings. The van der Waals surface area contributed by atoms with E-state index in [1.54, 1.807) is 11.8 Å². The molecule has 0 unspecified atom stereocenters. The number of aliphatic hydroxyl groups is 1. The lowest BCUT2D eigenvalue weighted by molar-refractivity contribution is 0.117. The van der Waals surface area contributed by atoms with Gasteiger partial charge in [0.15, 0.2) is 0 Å². The van der Waals surface area contributed by atoms with Gasteiger partial charge in [-0.3, -0.25) is 0 Å². The molecule has 0 aliphatic heterocycles. The summed E-state index contributed by atoms with van der Waals surface area (Å²) < 4.78 is 0. The highest BCUT2D eigenvalue weighted by molar-refractivity contribution is 7.99. The Hall–Kier alpha value is -0.680. The number of rotatable bonds is 6. The second-order valence-electron chi connectivity index (χ2n) is 4.27. The van der Waals surface area contributed by atoms with E-state index in [9.17, 15) is 9.90 Å². The molecule has 0 bridgehead atoms. The summed E-state index contributed by atoms with van der Waals surface area (Å²) >= 11 is 1.75. The molecular formula is C12H22N2O2S. The molecule has 3 N–H and O–H groups in total. The number of amides is 2. The van der Waals surface area contributed by atoms with Crippen LogP contribution < -0.4 is 10.6 Å². The number of carbonyl (C=O) groups excluding carboxylic acids is 1. The maximum atomic E-state index is 11.5. The van der Waals surface area contributed by atoms with Crippen LogP contribution in [0.3, 0.4) is 0 Å². The van der Waals surface area contributed by atoms with E-state index < -0.39 is 0 Å². The number of carbonyl (C=O) groups is 1. The van der Waals surface area contributed by atoms with Gasteiger partial charge in [0.05, 0.1) is 6.10 Å². The van der Waals surface area contributed by atoms with Crippen molar-refractivity contribution in [1.29, 1.82) is 0 Å². The minimum Gasteiger partial charge on any atom is -0.393 e. The van der Waals surface area contributed by atoms with Crippen molar-refractivity contribution in [2.45, 2.75) is 37.8 Å². The minimum atomic E-state index is -0.175. The quantitative estimate of drug-likeness (QED) is 0.500. The molecule has 0 spiro atoms. The lowest BCUT2D eigenvalue weighted by atomic mass is 9.93. The summed E-state index contributed by atoms with van der Waals surface area (Å²) in [6.45, 7) is 4.32. The van der Waals surface area contributed by atoms with E-state index in [4.69, 9.17) is 0 Å². The van der Waals surface area contributed by atoms with Gasteiger partial charge in [0.25, 0.3) is 0 Å². The normalized spacial score (nSPS) is 24.1. The zero-order valence-electron chi connectivity index (χ0n) is 10.2. The maximum Gasteiger partial charge on any atom is 0.315 e. The van der Waals surface area contributed by atoms with Crippen molar-refractivity contribution in [1.82, 2.24) is 10.6 Å². The van der Waals surface area contributed by atoms with Gasteiger partial charge in [-0.05, 0) is 25.7 Å². The molecule has 0 heterocycles. The van der Waals surface area contributed by atoms with E-state index in [-0.39, 0.29) is 18.2 Å². The lowest BCUT2D eigenvalue weighted by Gasteiger charge is -2.26. The van der Waals surface area contributed by atoms with Gasteiger partial charge in [0.1, 0.15) is 0 Å². The Morgan fingerprint density at radius 3 is 2.76 bits per heavy atom. The van der Waals surface area contributed by atoms with Crippen molar-refractivity contribution in [3.63, 3.8) is 0 Å². The summed E-state index contributed by atoms with van der Waals surface area (Å²) in [6.07, 6.45) is 5.02. The van der Waals surface area contributed by atoms with Crippen LogP contribution in [0.4, 0.5) is 4.79 Å². The molecule has 0 aromatic rings. The summed E-state index contributed by atoms with van der Waals surface area (Å²) in [5.41, 5.74) is 0. The highest BCUT2D eigenvalue weighted by Crippen LogP contribution is 2.17. The van der Waals surface area contributed by atoms with Crippen LogP contribution in [0.5, 0.6) is 0 Å². The SMILES string of the molecule is C=CCSCCNC(=O)NC1CCC(O)CC1. The molecule has 2 amide bonds. The third kappa shape index (κ3) is 6.58. The number of hydrogen-bond acceptors (Lipinski definition) is 3. The molecule has 0 radical (unpaired) electrons. The zero-order valence-corrected chi connectivity index (χ0v) is 11.0. The van der Waals surface area contributed by atoms with E-state index in [2.05, 4.69) is 17.2 Å². The molecule has 4 nitrogen and oxygen atoms in total. The number of urea groups is 1. The van der Waals surface area contributed by atoms with Crippen LogP contribution in [0, 0.1) is 0 Å². The van der Waals surface area contributed by atoms with Crippen LogP contribution in [0.25, 0.3) is 0 Å². The highest BCUT2D eigenvalue weighted by Gasteiger charge is 2.20. The molecule has 1 saturated carbocycles. The van der Waals surface area contributed by atoms with E-state index in [1.807, 2.05) is 6.08 Å². The second-order valence-corrected chi connectivity index (χ2v) is 5.42. The average molecular weight is 258 g/mol. The maximum absolute atomic E-state index is 11.5. The monoisotopic (exact) mass is 258 g/mol. The second kappa shape index (κ2) is 8.42. The first-order valence-electron chi connectivity index (χ1n) is 6.13. The van der Waals surface area contributed by atoms with E-state index in [0.29, 0.717) is 6.54 Å². The van der Waals surface area contributed by atoms with Gasteiger partial charge in [-0.15, -0.1) is 6.58 Å². The zero-order chi connectivity index (χ0) is 12.5.